The lowest BCUT2D eigenvalue weighted by atomic mass is 10.1. The van der Waals surface area contributed by atoms with Crippen LogP contribution in [-0.2, 0) is 28.6 Å². The van der Waals surface area contributed by atoms with Crippen LogP contribution in [0.5, 0.6) is 0 Å². The maximum Gasteiger partial charge on any atom is 0.306 e. The Bertz CT molecular complexity index is 1470. The summed E-state index contributed by atoms with van der Waals surface area (Å²) in [5.41, 5.74) is 0. The first kappa shape index (κ1) is 64.8. The Labute approximate surface area is 424 Å². The van der Waals surface area contributed by atoms with Gasteiger partial charge in [-0.25, -0.2) is 0 Å². The summed E-state index contributed by atoms with van der Waals surface area (Å²) in [6.07, 6.45) is 77.6. The number of carbonyl (C=O) groups excluding carboxylic acids is 3. The number of rotatable bonds is 49. The summed E-state index contributed by atoms with van der Waals surface area (Å²) in [5, 5.41) is 0. The zero-order valence-corrected chi connectivity index (χ0v) is 44.5. The minimum Gasteiger partial charge on any atom is -0.462 e. The van der Waals surface area contributed by atoms with E-state index in [2.05, 4.69) is 142 Å². The van der Waals surface area contributed by atoms with Crippen LogP contribution in [0.1, 0.15) is 239 Å². The Hall–Kier alpha value is -4.19. The van der Waals surface area contributed by atoms with Crippen molar-refractivity contribution in [3.05, 3.63) is 122 Å². The van der Waals surface area contributed by atoms with Gasteiger partial charge in [-0.15, -0.1) is 0 Å². The molecule has 0 N–H and O–H groups in total. The van der Waals surface area contributed by atoms with E-state index >= 15 is 0 Å². The van der Waals surface area contributed by atoms with Gasteiger partial charge in [0.2, 0.25) is 0 Å². The molecule has 6 nitrogen and oxygen atoms in total. The number of unbranched alkanes of at least 4 members (excludes halogenated alkanes) is 18. The molecule has 0 aromatic carbocycles. The lowest BCUT2D eigenvalue weighted by molar-refractivity contribution is -0.167. The van der Waals surface area contributed by atoms with Crippen molar-refractivity contribution in [3.63, 3.8) is 0 Å². The molecule has 0 aromatic rings. The minimum absolute atomic E-state index is 0.119. The van der Waals surface area contributed by atoms with Gasteiger partial charge in [-0.1, -0.05) is 213 Å². The monoisotopic (exact) mass is 955 g/mol. The highest BCUT2D eigenvalue weighted by Gasteiger charge is 2.19. The van der Waals surface area contributed by atoms with Crippen LogP contribution in [0.15, 0.2) is 122 Å². The summed E-state index contributed by atoms with van der Waals surface area (Å²) in [7, 11) is 0. The first-order valence-electron chi connectivity index (χ1n) is 28.0. The average Bonchev–Trinajstić information content (AvgIpc) is 3.35. The van der Waals surface area contributed by atoms with Crippen molar-refractivity contribution in [2.24, 2.45) is 0 Å². The van der Waals surface area contributed by atoms with E-state index in [1.54, 1.807) is 0 Å². The van der Waals surface area contributed by atoms with Crippen molar-refractivity contribution < 1.29 is 28.6 Å². The molecule has 0 heterocycles. The molecular formula is C63H102O6. The zero-order chi connectivity index (χ0) is 50.0. The maximum absolute atomic E-state index is 12.8. The van der Waals surface area contributed by atoms with Crippen molar-refractivity contribution in [1.82, 2.24) is 0 Å². The van der Waals surface area contributed by atoms with Gasteiger partial charge in [-0.05, 0) is 128 Å². The molecule has 0 spiro atoms. The minimum atomic E-state index is -0.822. The lowest BCUT2D eigenvalue weighted by Crippen LogP contribution is -2.30. The molecule has 390 valence electrons. The van der Waals surface area contributed by atoms with Crippen molar-refractivity contribution in [1.29, 1.82) is 0 Å². The molecule has 0 rings (SSSR count). The van der Waals surface area contributed by atoms with E-state index in [9.17, 15) is 14.4 Å². The lowest BCUT2D eigenvalue weighted by Gasteiger charge is -2.18. The maximum atomic E-state index is 12.8. The van der Waals surface area contributed by atoms with Gasteiger partial charge in [0.15, 0.2) is 6.10 Å². The Kier molecular flexibility index (Phi) is 53.0. The molecule has 0 saturated carbocycles. The fraction of sp³-hybridized carbons (Fsp3) is 0.635. The molecule has 6 heteroatoms. The normalized spacial score (nSPS) is 13.0. The van der Waals surface area contributed by atoms with Crippen LogP contribution in [0.25, 0.3) is 0 Å². The highest BCUT2D eigenvalue weighted by molar-refractivity contribution is 5.71. The van der Waals surface area contributed by atoms with Crippen molar-refractivity contribution in [2.45, 2.75) is 245 Å². The van der Waals surface area contributed by atoms with Gasteiger partial charge in [-0.3, -0.25) is 14.4 Å². The molecule has 69 heavy (non-hydrogen) atoms. The molecule has 0 bridgehead atoms. The van der Waals surface area contributed by atoms with E-state index in [-0.39, 0.29) is 37.5 Å². The van der Waals surface area contributed by atoms with Gasteiger partial charge < -0.3 is 14.2 Å². The highest BCUT2D eigenvalue weighted by Crippen LogP contribution is 2.13. The number of esters is 3. The van der Waals surface area contributed by atoms with Gasteiger partial charge in [0, 0.05) is 19.3 Å². The number of hydrogen-bond donors (Lipinski definition) is 0. The molecule has 0 amide bonds. The molecule has 1 atom stereocenters. The van der Waals surface area contributed by atoms with E-state index in [0.717, 1.165) is 116 Å². The number of hydrogen-bond acceptors (Lipinski definition) is 6. The molecular weight excluding hydrogens is 853 g/mol. The van der Waals surface area contributed by atoms with Crippen LogP contribution in [-0.4, -0.2) is 37.2 Å². The molecule has 0 aromatic heterocycles. The third-order valence-electron chi connectivity index (χ3n) is 11.4. The quantitative estimate of drug-likeness (QED) is 0.0262. The Morgan fingerprint density at radius 3 is 1.00 bits per heavy atom. The summed E-state index contributed by atoms with van der Waals surface area (Å²) in [6.45, 7) is 6.40. The van der Waals surface area contributed by atoms with Gasteiger partial charge in [0.05, 0.1) is 0 Å². The first-order chi connectivity index (χ1) is 34.0. The van der Waals surface area contributed by atoms with E-state index in [1.807, 2.05) is 0 Å². The van der Waals surface area contributed by atoms with E-state index in [1.165, 1.54) is 77.0 Å². The third kappa shape index (κ3) is 54.6. The van der Waals surface area contributed by atoms with Gasteiger partial charge in [0.25, 0.3) is 0 Å². The Morgan fingerprint density at radius 2 is 0.580 bits per heavy atom. The van der Waals surface area contributed by atoms with E-state index in [0.29, 0.717) is 19.3 Å². The van der Waals surface area contributed by atoms with Crippen molar-refractivity contribution >= 4 is 17.9 Å². The second-order valence-electron chi connectivity index (χ2n) is 18.1. The Morgan fingerprint density at radius 1 is 0.304 bits per heavy atom. The first-order valence-corrected chi connectivity index (χ1v) is 28.0. The second-order valence-corrected chi connectivity index (χ2v) is 18.1. The highest BCUT2D eigenvalue weighted by atomic mass is 16.6. The molecule has 0 fully saturated rings. The molecule has 0 saturated heterocycles. The van der Waals surface area contributed by atoms with Crippen LogP contribution in [0.3, 0.4) is 0 Å². The van der Waals surface area contributed by atoms with Crippen LogP contribution in [0.2, 0.25) is 0 Å². The summed E-state index contributed by atoms with van der Waals surface area (Å²) < 4.78 is 16.8. The van der Waals surface area contributed by atoms with Crippen LogP contribution >= 0.6 is 0 Å². The molecule has 0 aliphatic rings. The smallest absolute Gasteiger partial charge is 0.306 e. The fourth-order valence-corrected chi connectivity index (χ4v) is 7.22. The van der Waals surface area contributed by atoms with Crippen LogP contribution in [0, 0.1) is 0 Å². The third-order valence-corrected chi connectivity index (χ3v) is 11.4. The predicted molar refractivity (Wildman–Crippen MR) is 297 cm³/mol. The number of ether oxygens (including phenoxy) is 3. The summed E-state index contributed by atoms with van der Waals surface area (Å²) in [4.78, 5) is 38.1. The molecule has 0 aliphatic heterocycles. The number of carbonyl (C=O) groups is 3. The zero-order valence-electron chi connectivity index (χ0n) is 44.5. The predicted octanol–water partition coefficient (Wildman–Crippen LogP) is 18.9. The molecule has 0 unspecified atom stereocenters. The summed E-state index contributed by atoms with van der Waals surface area (Å²) in [6, 6.07) is 0. The van der Waals surface area contributed by atoms with Crippen molar-refractivity contribution in [3.8, 4) is 0 Å². The fourth-order valence-electron chi connectivity index (χ4n) is 7.22. The Balaban J connectivity index is 4.56. The van der Waals surface area contributed by atoms with E-state index in [4.69, 9.17) is 14.2 Å². The van der Waals surface area contributed by atoms with Crippen LogP contribution < -0.4 is 0 Å². The SMILES string of the molecule is CC/C=C\C/C=C\C/C=C\C/C=C\C/C=C\CCCC(=O)OC[C@H](COC(=O)CCCCC/C=C\C/C=C\C/C=C\C/C=C\CCCCC)OC(=O)CCCCCCC/C=C\CCCCCCCC. The molecule has 0 aliphatic carbocycles. The number of allylic oxidation sites excluding steroid dienone is 20. The van der Waals surface area contributed by atoms with Crippen LogP contribution in [0.4, 0.5) is 0 Å². The average molecular weight is 956 g/mol. The summed E-state index contributed by atoms with van der Waals surface area (Å²) in [5.74, 6) is -1.02. The largest absolute Gasteiger partial charge is 0.462 e. The van der Waals surface area contributed by atoms with Crippen molar-refractivity contribution in [2.75, 3.05) is 13.2 Å². The standard InChI is InChI=1S/C63H102O6/c1-4-7-10-13-16-19-22-25-28-30-31-33-36-38-41-44-47-50-53-56-62(65)68-59-60(69-63(66)57-54-51-48-45-42-39-34-27-24-21-18-15-12-9-6-3)58-67-61(64)55-52-49-46-43-40-37-35-32-29-26-23-20-17-14-11-8-5-2/h8,11,16-17,19-20,25-29,31,33-35,37-38,41,43,46,60H,4-7,9-10,12-15,18,21-24,30,32,36,39-40,42,44-45,47-59H2,1-3H3/b11-8-,19-16-,20-17-,28-25-,29-26-,33-31-,34-27-,37-35-,41-38-,46-43-/t60-/m1/s1. The van der Waals surface area contributed by atoms with Gasteiger partial charge in [-0.2, -0.15) is 0 Å². The van der Waals surface area contributed by atoms with Gasteiger partial charge >= 0.3 is 17.9 Å². The second kappa shape index (κ2) is 56.4. The summed E-state index contributed by atoms with van der Waals surface area (Å²) >= 11 is 0. The topological polar surface area (TPSA) is 78.9 Å². The van der Waals surface area contributed by atoms with E-state index < -0.39 is 6.10 Å². The van der Waals surface area contributed by atoms with Gasteiger partial charge in [0.1, 0.15) is 13.2 Å². The molecule has 0 radical (unpaired) electrons.